The number of esters is 1. The SMILES string of the molecule is COOOC(=O)C(=O)OC. The van der Waals surface area contributed by atoms with Crippen molar-refractivity contribution in [2.75, 3.05) is 14.2 Å². The number of hydrogen-bond acceptors (Lipinski definition) is 6. The van der Waals surface area contributed by atoms with Crippen LogP contribution in [0.2, 0.25) is 0 Å². The summed E-state index contributed by atoms with van der Waals surface area (Å²) in [6.07, 6.45) is 0. The zero-order valence-electron chi connectivity index (χ0n) is 5.45. The number of carbonyl (C=O) groups excluding carboxylic acids is 2. The molecule has 0 aliphatic heterocycles. The Bertz CT molecular complexity index is 130. The van der Waals surface area contributed by atoms with E-state index in [1.54, 1.807) is 0 Å². The second-order valence-electron chi connectivity index (χ2n) is 1.10. The molecule has 0 aromatic heterocycles. The van der Waals surface area contributed by atoms with Crippen molar-refractivity contribution >= 4 is 11.9 Å². The molecule has 0 spiro atoms. The van der Waals surface area contributed by atoms with Crippen molar-refractivity contribution in [1.29, 1.82) is 0 Å². The fourth-order valence-corrected chi connectivity index (χ4v) is 0.182. The molecule has 0 aliphatic rings. The highest BCUT2D eigenvalue weighted by Gasteiger charge is 2.16. The number of rotatable bonds is 2. The lowest BCUT2D eigenvalue weighted by molar-refractivity contribution is -0.473. The van der Waals surface area contributed by atoms with Crippen LogP contribution in [0.3, 0.4) is 0 Å². The predicted molar refractivity (Wildman–Crippen MR) is 26.2 cm³/mol. The lowest BCUT2D eigenvalue weighted by Crippen LogP contribution is -2.18. The first-order chi connectivity index (χ1) is 4.72. The number of methoxy groups -OCH3 is 1. The summed E-state index contributed by atoms with van der Waals surface area (Å²) in [5, 5.41) is 3.67. The molecule has 0 bridgehead atoms. The summed E-state index contributed by atoms with van der Waals surface area (Å²) >= 11 is 0. The first-order valence-electron chi connectivity index (χ1n) is 2.22. The minimum absolute atomic E-state index is 1.04. The van der Waals surface area contributed by atoms with E-state index in [-0.39, 0.29) is 0 Å². The summed E-state index contributed by atoms with van der Waals surface area (Å²) in [5.74, 6) is -2.43. The Morgan fingerprint density at radius 1 is 1.10 bits per heavy atom. The largest absolute Gasteiger partial charge is 0.461 e. The van der Waals surface area contributed by atoms with E-state index in [4.69, 9.17) is 0 Å². The molecule has 6 nitrogen and oxygen atoms in total. The van der Waals surface area contributed by atoms with E-state index >= 15 is 0 Å². The van der Waals surface area contributed by atoms with Crippen LogP contribution in [0.25, 0.3) is 0 Å². The van der Waals surface area contributed by atoms with Crippen LogP contribution in [0.1, 0.15) is 0 Å². The van der Waals surface area contributed by atoms with E-state index < -0.39 is 11.9 Å². The van der Waals surface area contributed by atoms with Gasteiger partial charge in [0.1, 0.15) is 0 Å². The van der Waals surface area contributed by atoms with Gasteiger partial charge in [-0.1, -0.05) is 0 Å². The van der Waals surface area contributed by atoms with Crippen LogP contribution in [0.15, 0.2) is 0 Å². The zero-order chi connectivity index (χ0) is 7.98. The van der Waals surface area contributed by atoms with Crippen molar-refractivity contribution in [2.45, 2.75) is 0 Å². The van der Waals surface area contributed by atoms with Crippen LogP contribution in [0.5, 0.6) is 0 Å². The quantitative estimate of drug-likeness (QED) is 0.222. The Balaban J connectivity index is 3.52. The second kappa shape index (κ2) is 4.71. The van der Waals surface area contributed by atoms with Crippen molar-refractivity contribution in [2.24, 2.45) is 0 Å². The van der Waals surface area contributed by atoms with Crippen LogP contribution < -0.4 is 0 Å². The molecule has 0 saturated heterocycles. The van der Waals surface area contributed by atoms with Crippen molar-refractivity contribution < 1.29 is 29.1 Å². The van der Waals surface area contributed by atoms with Crippen LogP contribution >= 0.6 is 0 Å². The molecule has 0 atom stereocenters. The molecule has 0 radical (unpaired) electrons. The highest BCUT2D eigenvalue weighted by atomic mass is 17.5. The summed E-state index contributed by atoms with van der Waals surface area (Å²) in [6.45, 7) is 0. The van der Waals surface area contributed by atoms with E-state index in [1.165, 1.54) is 0 Å². The molecule has 0 fully saturated rings. The topological polar surface area (TPSA) is 71.1 Å². The summed E-state index contributed by atoms with van der Waals surface area (Å²) in [4.78, 5) is 28.0. The third-order valence-corrected chi connectivity index (χ3v) is 0.530. The van der Waals surface area contributed by atoms with E-state index in [1.807, 2.05) is 0 Å². The normalized spacial score (nSPS) is 8.60. The number of carbonyl (C=O) groups is 2. The van der Waals surface area contributed by atoms with Gasteiger partial charge in [0.05, 0.1) is 14.2 Å². The fourth-order valence-electron chi connectivity index (χ4n) is 0.182. The first kappa shape index (κ1) is 8.86. The Morgan fingerprint density at radius 3 is 2.10 bits per heavy atom. The molecule has 58 valence electrons. The van der Waals surface area contributed by atoms with Gasteiger partial charge in [0, 0.05) is 0 Å². The minimum Gasteiger partial charge on any atom is -0.461 e. The van der Waals surface area contributed by atoms with E-state index in [2.05, 4.69) is 19.6 Å². The maximum atomic E-state index is 10.2. The van der Waals surface area contributed by atoms with Gasteiger partial charge in [0.25, 0.3) is 0 Å². The van der Waals surface area contributed by atoms with Gasteiger partial charge < -0.3 is 4.74 Å². The Kier molecular flexibility index (Phi) is 4.17. The summed E-state index contributed by atoms with van der Waals surface area (Å²) in [5.41, 5.74) is 0. The summed E-state index contributed by atoms with van der Waals surface area (Å²) < 4.78 is 3.96. The molecule has 0 N–H and O–H groups in total. The van der Waals surface area contributed by atoms with Gasteiger partial charge >= 0.3 is 11.9 Å². The van der Waals surface area contributed by atoms with Crippen molar-refractivity contribution in [1.82, 2.24) is 0 Å². The molecule has 0 saturated carbocycles. The standard InChI is InChI=1S/C4H6O6/c1-7-3(5)4(6)9-10-8-2/h1-2H3. The van der Waals surface area contributed by atoms with Crippen LogP contribution in [0, 0.1) is 0 Å². The first-order valence-corrected chi connectivity index (χ1v) is 2.22. The molecule has 6 heteroatoms. The molecule has 0 unspecified atom stereocenters. The maximum absolute atomic E-state index is 10.2. The molecular weight excluding hydrogens is 144 g/mol. The molecular formula is C4H6O6. The molecule has 0 aromatic carbocycles. The van der Waals surface area contributed by atoms with Gasteiger partial charge in [0.15, 0.2) is 0 Å². The lowest BCUT2D eigenvalue weighted by Gasteiger charge is -1.95. The minimum atomic E-state index is -1.27. The Labute approximate surface area is 56.5 Å². The fraction of sp³-hybridized carbons (Fsp3) is 0.500. The highest BCUT2D eigenvalue weighted by Crippen LogP contribution is 1.83. The smallest absolute Gasteiger partial charge is 0.453 e. The van der Waals surface area contributed by atoms with Gasteiger partial charge in [-0.05, 0) is 5.04 Å². The van der Waals surface area contributed by atoms with Crippen LogP contribution in [0.4, 0.5) is 0 Å². The van der Waals surface area contributed by atoms with Gasteiger partial charge in [-0.15, -0.1) is 0 Å². The van der Waals surface area contributed by atoms with Crippen molar-refractivity contribution in [3.8, 4) is 0 Å². The summed E-state index contributed by atoms with van der Waals surface area (Å²) in [7, 11) is 2.15. The van der Waals surface area contributed by atoms with Gasteiger partial charge in [-0.2, -0.15) is 4.89 Å². The maximum Gasteiger partial charge on any atom is 0.453 e. The van der Waals surface area contributed by atoms with Crippen molar-refractivity contribution in [3.63, 3.8) is 0 Å². The Morgan fingerprint density at radius 2 is 1.70 bits per heavy atom. The number of hydrogen-bond donors (Lipinski definition) is 0. The van der Waals surface area contributed by atoms with Crippen LogP contribution in [-0.4, -0.2) is 26.2 Å². The van der Waals surface area contributed by atoms with Crippen molar-refractivity contribution in [3.05, 3.63) is 0 Å². The predicted octanol–water partition coefficient (Wildman–Crippen LogP) is -0.804. The monoisotopic (exact) mass is 150 g/mol. The van der Waals surface area contributed by atoms with E-state index in [0.717, 1.165) is 14.2 Å². The third kappa shape index (κ3) is 3.00. The second-order valence-corrected chi connectivity index (χ2v) is 1.10. The zero-order valence-corrected chi connectivity index (χ0v) is 5.45. The molecule has 0 heterocycles. The van der Waals surface area contributed by atoms with Crippen LogP contribution in [-0.2, 0) is 29.1 Å². The molecule has 10 heavy (non-hydrogen) atoms. The third-order valence-electron chi connectivity index (χ3n) is 0.530. The number of ether oxygens (including phenoxy) is 1. The van der Waals surface area contributed by atoms with E-state index in [0.29, 0.717) is 0 Å². The van der Waals surface area contributed by atoms with E-state index in [9.17, 15) is 9.59 Å². The van der Waals surface area contributed by atoms with Gasteiger partial charge in [-0.3, -0.25) is 4.89 Å². The molecule has 0 rings (SSSR count). The van der Waals surface area contributed by atoms with Gasteiger partial charge in [0.2, 0.25) is 0 Å². The average molecular weight is 150 g/mol. The Hall–Kier alpha value is -1.14. The van der Waals surface area contributed by atoms with Gasteiger partial charge in [-0.25, -0.2) is 9.59 Å². The molecule has 0 aromatic rings. The lowest BCUT2D eigenvalue weighted by atomic mass is 10.7. The summed E-state index contributed by atoms with van der Waals surface area (Å²) in [6, 6.07) is 0. The molecule has 0 amide bonds. The molecule has 0 aliphatic carbocycles. The highest BCUT2D eigenvalue weighted by molar-refractivity contribution is 6.29. The average Bonchev–Trinajstić information content (AvgIpc) is 1.98.